The number of aldehydes is 4. The van der Waals surface area contributed by atoms with E-state index >= 15 is 0 Å². The highest BCUT2D eigenvalue weighted by Crippen LogP contribution is 2.23. The van der Waals surface area contributed by atoms with E-state index in [-0.39, 0.29) is 0 Å². The summed E-state index contributed by atoms with van der Waals surface area (Å²) in [5.41, 5.74) is 4.95. The van der Waals surface area contributed by atoms with E-state index < -0.39 is 0 Å². The largest absolute Gasteiger partial charge is 0.332 e. The van der Waals surface area contributed by atoms with Gasteiger partial charge in [0.2, 0.25) is 0 Å². The van der Waals surface area contributed by atoms with Crippen LogP contribution in [-0.4, -0.2) is 64.2 Å². The quantitative estimate of drug-likeness (QED) is 0.0531. The van der Waals surface area contributed by atoms with Crippen LogP contribution in [0.15, 0.2) is 86.2 Å². The predicted octanol–water partition coefficient (Wildman–Crippen LogP) is 16.8. The molecule has 0 amide bonds. The van der Waals surface area contributed by atoms with Crippen molar-refractivity contribution >= 4 is 135 Å². The fraction of sp³-hybridized carbons (Fsp3) is 0.358. The van der Waals surface area contributed by atoms with Gasteiger partial charge in [-0.2, -0.15) is 0 Å². The van der Waals surface area contributed by atoms with E-state index in [0.717, 1.165) is 143 Å². The van der Waals surface area contributed by atoms with Crippen molar-refractivity contribution in [2.75, 3.05) is 0 Å². The lowest BCUT2D eigenvalue weighted by atomic mass is 10.2. The van der Waals surface area contributed by atoms with Crippen LogP contribution >= 0.6 is 110 Å². The van der Waals surface area contributed by atoms with Gasteiger partial charge in [-0.1, -0.05) is 200 Å². The Kier molecular flexibility index (Phi) is 30.9. The van der Waals surface area contributed by atoms with Gasteiger partial charge in [-0.25, -0.2) is 19.9 Å². The molecule has 3 aromatic carbocycles. The van der Waals surface area contributed by atoms with Gasteiger partial charge in [0.05, 0.1) is 6.54 Å². The smallest absolute Gasteiger partial charge is 0.171 e. The fourth-order valence-electron chi connectivity index (χ4n) is 6.58. The number of imidazole rings is 4. The van der Waals surface area contributed by atoms with E-state index in [1.54, 1.807) is 0 Å². The van der Waals surface area contributed by atoms with E-state index in [0.29, 0.717) is 69.0 Å². The number of aryl methyl sites for hydroxylation is 4. The average Bonchev–Trinajstić information content (AvgIpc) is 4.13. The van der Waals surface area contributed by atoms with Crippen molar-refractivity contribution in [1.82, 2.24) is 39.0 Å². The number of carbonyl (C=O) groups excluding carboxylic acids is 4. The second-order valence-electron chi connectivity index (χ2n) is 16.2. The Balaban J connectivity index is 0.000000249. The van der Waals surface area contributed by atoms with E-state index in [2.05, 4.69) is 133 Å². The van der Waals surface area contributed by atoms with Crippen molar-refractivity contribution in [3.63, 3.8) is 0 Å². The molecule has 12 nitrogen and oxygen atoms in total. The zero-order valence-electron chi connectivity index (χ0n) is 41.2. The monoisotopic (exact) mass is 1330 g/mol. The van der Waals surface area contributed by atoms with Crippen molar-refractivity contribution in [3.05, 3.63) is 170 Å². The molecule has 0 aliphatic heterocycles. The van der Waals surface area contributed by atoms with Crippen LogP contribution in [0.25, 0.3) is 0 Å². The first-order valence-electron chi connectivity index (χ1n) is 23.8. The molecule has 7 rings (SSSR count). The van der Waals surface area contributed by atoms with E-state index in [4.69, 9.17) is 46.4 Å². The highest BCUT2D eigenvalue weighted by Gasteiger charge is 2.17. The summed E-state index contributed by atoms with van der Waals surface area (Å²) in [7, 11) is 0. The maximum absolute atomic E-state index is 11.2. The Bertz CT molecular complexity index is 2680. The second-order valence-corrected chi connectivity index (χ2v) is 21.0. The van der Waals surface area contributed by atoms with Gasteiger partial charge in [0.15, 0.2) is 30.3 Å². The zero-order valence-corrected chi connectivity index (χ0v) is 50.6. The summed E-state index contributed by atoms with van der Waals surface area (Å²) in [5, 5.41) is 2.34. The molecule has 0 aliphatic carbocycles. The summed E-state index contributed by atoms with van der Waals surface area (Å²) in [6, 6.07) is 24.3. The number of hydrogen-bond donors (Lipinski definition) is 2. The molecule has 4 aromatic heterocycles. The lowest BCUT2D eigenvalue weighted by molar-refractivity contribution is 0.110. The number of unbranched alkanes of at least 4 members (excludes halogenated alkanes) is 4. The van der Waals surface area contributed by atoms with Crippen LogP contribution in [0.1, 0.15) is 161 Å². The normalized spacial score (nSPS) is 10.4. The number of rotatable bonds is 21. The van der Waals surface area contributed by atoms with E-state index in [1.807, 2.05) is 69.8 Å². The summed E-state index contributed by atoms with van der Waals surface area (Å²) < 4.78 is 7.04. The average molecular weight is 1330 g/mol. The summed E-state index contributed by atoms with van der Waals surface area (Å²) in [6.45, 7) is 9.71. The van der Waals surface area contributed by atoms with Crippen LogP contribution in [0.4, 0.5) is 0 Å². The molecule has 0 fully saturated rings. The van der Waals surface area contributed by atoms with Gasteiger partial charge in [-0.15, -0.1) is 0 Å². The topological polar surface area (TPSA) is 161 Å². The molecule has 0 saturated heterocycles. The Morgan fingerprint density at radius 3 is 1.21 bits per heavy atom. The van der Waals surface area contributed by atoms with Crippen LogP contribution in [0, 0.1) is 0 Å². The van der Waals surface area contributed by atoms with Crippen molar-refractivity contribution in [1.29, 1.82) is 0 Å². The van der Waals surface area contributed by atoms with Gasteiger partial charge < -0.3 is 19.1 Å². The van der Waals surface area contributed by atoms with Crippen LogP contribution in [0.2, 0.25) is 20.6 Å². The van der Waals surface area contributed by atoms with Gasteiger partial charge >= 0.3 is 0 Å². The molecule has 0 saturated carbocycles. The van der Waals surface area contributed by atoms with Crippen LogP contribution in [-0.2, 0) is 44.1 Å². The minimum atomic E-state index is 0.295. The first-order valence-corrected chi connectivity index (χ1v) is 28.8. The van der Waals surface area contributed by atoms with Crippen molar-refractivity contribution in [2.45, 2.75) is 123 Å². The first-order chi connectivity index (χ1) is 35.2. The number of nitrogens with zero attached hydrogens (tertiary/aromatic N) is 6. The summed E-state index contributed by atoms with van der Waals surface area (Å²) in [6.07, 6.45) is 14.8. The number of benzene rings is 3. The Morgan fingerprint density at radius 2 is 0.849 bits per heavy atom. The number of halogens is 8. The van der Waals surface area contributed by atoms with Crippen molar-refractivity contribution < 1.29 is 19.2 Å². The number of aromatic nitrogens is 8. The number of carbonyl (C=O) groups is 4. The van der Waals surface area contributed by atoms with Gasteiger partial charge in [0.1, 0.15) is 61.5 Å². The molecule has 0 spiro atoms. The first kappa shape index (κ1) is 63.6. The molecule has 0 unspecified atom stereocenters. The maximum Gasteiger partial charge on any atom is 0.171 e. The molecule has 20 heteroatoms. The Morgan fingerprint density at radius 1 is 0.479 bits per heavy atom. The molecule has 73 heavy (non-hydrogen) atoms. The van der Waals surface area contributed by atoms with Crippen molar-refractivity contribution in [2.24, 2.45) is 0 Å². The molecule has 0 bridgehead atoms. The number of aromatic amines is 2. The fourth-order valence-corrected chi connectivity index (χ4v) is 8.63. The van der Waals surface area contributed by atoms with Gasteiger partial charge in [0, 0.05) is 51.0 Å². The minimum Gasteiger partial charge on any atom is -0.332 e. The third-order valence-corrected chi connectivity index (χ3v) is 14.1. The third kappa shape index (κ3) is 22.2. The zero-order chi connectivity index (χ0) is 53.7. The second kappa shape index (κ2) is 35.5. The van der Waals surface area contributed by atoms with Crippen LogP contribution in [0.3, 0.4) is 0 Å². The molecule has 7 aromatic rings. The molecule has 0 atom stereocenters. The van der Waals surface area contributed by atoms with E-state index in [9.17, 15) is 19.2 Å². The number of alkyl halides is 1. The highest BCUT2D eigenvalue weighted by atomic mass is 79.9. The number of hydrogen-bond acceptors (Lipinski definition) is 8. The summed E-state index contributed by atoms with van der Waals surface area (Å²) >= 11 is 37.2. The third-order valence-electron chi connectivity index (χ3n) is 10.6. The molecule has 392 valence electrons. The maximum atomic E-state index is 11.2. The predicted molar refractivity (Wildman–Crippen MR) is 311 cm³/mol. The molecule has 4 heterocycles. The number of H-pyrrole nitrogens is 2. The van der Waals surface area contributed by atoms with Crippen LogP contribution < -0.4 is 0 Å². The van der Waals surface area contributed by atoms with Gasteiger partial charge in [0.25, 0.3) is 0 Å². The Hall–Kier alpha value is -3.74. The SMILES string of the molecule is BrCc1ccc(Br)cc1.CCCCc1nc(C=O)c(Cl)[nH]1.CCCCc1nc(C=O)c(Cl)[nH]1.CCCCc1nc(C=O)c(Cl)n1Cc1ccc(Br)cc1.CCCCc1nc(Cl)c(C=O)n1Cc1ccc(Br)cc1. The Labute approximate surface area is 482 Å². The van der Waals surface area contributed by atoms with Gasteiger partial charge in [-0.3, -0.25) is 19.2 Å². The van der Waals surface area contributed by atoms with E-state index in [1.165, 1.54) is 5.56 Å². The standard InChI is InChI=1S/2C15H16BrClN2O.2C8H11ClN2O.C7H6Br2/c1-2-3-4-14-18-15(17)13(10-20)19(14)9-11-5-7-12(16)8-6-11;1-2-3-4-14-18-13(10-20)15(17)19(14)9-11-5-7-12(16)8-6-11;2*1-2-3-4-7-10-6(5-12)8(9)11-7;8-5-6-1-3-7(9)4-2-6/h2*5-8,10H,2-4,9H2,1H3;2*5H,2-4H2,1H3,(H,10,11);1-4H,5H2. The summed E-state index contributed by atoms with van der Waals surface area (Å²) in [5.74, 6) is 3.34. The highest BCUT2D eigenvalue weighted by molar-refractivity contribution is 9.11. The molecule has 2 N–H and O–H groups in total. The number of nitrogens with one attached hydrogen (secondary N) is 2. The lowest BCUT2D eigenvalue weighted by Gasteiger charge is -2.09. The molecule has 0 radical (unpaired) electrons. The molecular weight excluding hydrogens is 1270 g/mol. The van der Waals surface area contributed by atoms with Crippen molar-refractivity contribution in [3.8, 4) is 0 Å². The van der Waals surface area contributed by atoms with Crippen LogP contribution in [0.5, 0.6) is 0 Å². The molecule has 0 aliphatic rings. The van der Waals surface area contributed by atoms with Gasteiger partial charge in [-0.05, 0) is 78.8 Å². The molecular formula is C53H60Br4Cl4N8O4. The summed E-state index contributed by atoms with van der Waals surface area (Å²) in [4.78, 5) is 65.3. The lowest BCUT2D eigenvalue weighted by Crippen LogP contribution is -2.08. The minimum absolute atomic E-state index is 0.295.